The summed E-state index contributed by atoms with van der Waals surface area (Å²) in [4.78, 5) is 17.7. The van der Waals surface area contributed by atoms with Crippen LogP contribution in [-0.2, 0) is 4.74 Å². The number of nitrogens with zero attached hydrogens (tertiary/aromatic N) is 2. The van der Waals surface area contributed by atoms with Crippen LogP contribution >= 0.6 is 0 Å². The first kappa shape index (κ1) is 9.08. The van der Waals surface area contributed by atoms with E-state index in [0.29, 0.717) is 12.4 Å². The maximum atomic E-state index is 9.58. The van der Waals surface area contributed by atoms with Gasteiger partial charge >= 0.3 is 0 Å². The predicted molar refractivity (Wildman–Crippen MR) is 33.4 cm³/mol. The summed E-state index contributed by atoms with van der Waals surface area (Å²) >= 11 is 0. The molecule has 0 spiro atoms. The van der Waals surface area contributed by atoms with Crippen molar-refractivity contribution < 1.29 is 14.6 Å². The van der Waals surface area contributed by atoms with Crippen LogP contribution < -0.4 is 0 Å². The van der Waals surface area contributed by atoms with Gasteiger partial charge in [-0.1, -0.05) is 0 Å². The van der Waals surface area contributed by atoms with Gasteiger partial charge in [0.25, 0.3) is 12.4 Å². The van der Waals surface area contributed by atoms with Gasteiger partial charge in [-0.05, 0) is 0 Å². The third kappa shape index (κ3) is 8.08. The van der Waals surface area contributed by atoms with Crippen molar-refractivity contribution in [2.75, 3.05) is 0 Å². The lowest BCUT2D eigenvalue weighted by molar-refractivity contribution is -0.405. The lowest BCUT2D eigenvalue weighted by Crippen LogP contribution is -1.84. The molecule has 0 saturated carbocycles. The fraction of sp³-hybridized carbons (Fsp3) is 0. The molecule has 0 aromatic heterocycles. The Morgan fingerprint density at radius 3 is 1.64 bits per heavy atom. The summed E-state index contributed by atoms with van der Waals surface area (Å²) in [5.41, 5.74) is 0. The van der Waals surface area contributed by atoms with Crippen molar-refractivity contribution in [3.8, 4) is 0 Å². The van der Waals surface area contributed by atoms with Crippen LogP contribution in [0.25, 0.3) is 0 Å². The fourth-order valence-corrected chi connectivity index (χ4v) is 0.215. The highest BCUT2D eigenvalue weighted by Gasteiger charge is 1.84. The Bertz CT molecular complexity index is 187. The molecular weight excluding hydrogens is 156 g/mol. The van der Waals surface area contributed by atoms with Crippen LogP contribution in [-0.4, -0.2) is 9.85 Å². The number of ether oxygens (including phenoxy) is 1. The highest BCUT2D eigenvalue weighted by molar-refractivity contribution is 4.67. The number of rotatable bonds is 4. The van der Waals surface area contributed by atoms with Gasteiger partial charge in [0.2, 0.25) is 0 Å². The molecule has 0 fully saturated rings. The SMILES string of the molecule is O=[N+]([O-])C=COC=C[N+](=O)[O-]. The Morgan fingerprint density at radius 1 is 1.00 bits per heavy atom. The molecule has 0 unspecified atom stereocenters. The minimum Gasteiger partial charge on any atom is -0.460 e. The predicted octanol–water partition coefficient (Wildman–Crippen LogP) is 0.499. The molecule has 0 amide bonds. The second-order valence-electron chi connectivity index (χ2n) is 1.28. The molecule has 0 radical (unpaired) electrons. The van der Waals surface area contributed by atoms with Crippen LogP contribution in [0.5, 0.6) is 0 Å². The van der Waals surface area contributed by atoms with Gasteiger partial charge in [0.1, 0.15) is 0 Å². The van der Waals surface area contributed by atoms with E-state index in [9.17, 15) is 20.2 Å². The van der Waals surface area contributed by atoms with Gasteiger partial charge in [0, 0.05) is 0 Å². The summed E-state index contributed by atoms with van der Waals surface area (Å²) in [5, 5.41) is 19.2. The van der Waals surface area contributed by atoms with E-state index < -0.39 is 9.85 Å². The monoisotopic (exact) mass is 160 g/mol. The van der Waals surface area contributed by atoms with E-state index in [1.807, 2.05) is 0 Å². The van der Waals surface area contributed by atoms with Crippen molar-refractivity contribution in [3.63, 3.8) is 0 Å². The van der Waals surface area contributed by atoms with Crippen LogP contribution in [0.1, 0.15) is 0 Å². The lowest BCUT2D eigenvalue weighted by Gasteiger charge is -1.82. The summed E-state index contributed by atoms with van der Waals surface area (Å²) < 4.78 is 4.21. The molecule has 0 aliphatic rings. The third-order valence-electron chi connectivity index (χ3n) is 0.522. The van der Waals surface area contributed by atoms with Crippen LogP contribution in [0, 0.1) is 20.2 Å². The highest BCUT2D eigenvalue weighted by Crippen LogP contribution is 1.81. The van der Waals surface area contributed by atoms with E-state index in [1.54, 1.807) is 0 Å². The van der Waals surface area contributed by atoms with Gasteiger partial charge in [0.15, 0.2) is 12.5 Å². The van der Waals surface area contributed by atoms with E-state index in [-0.39, 0.29) is 0 Å². The summed E-state index contributed by atoms with van der Waals surface area (Å²) in [5.74, 6) is 0. The Balaban J connectivity index is 3.57. The van der Waals surface area contributed by atoms with E-state index in [2.05, 4.69) is 4.74 Å². The van der Waals surface area contributed by atoms with Gasteiger partial charge in [-0.2, -0.15) is 0 Å². The lowest BCUT2D eigenvalue weighted by atomic mass is 10.9. The van der Waals surface area contributed by atoms with Crippen LogP contribution in [0.4, 0.5) is 0 Å². The number of hydrogen-bond donors (Lipinski definition) is 0. The highest BCUT2D eigenvalue weighted by atomic mass is 16.6. The Hall–Kier alpha value is -1.92. The van der Waals surface area contributed by atoms with Crippen molar-refractivity contribution in [2.24, 2.45) is 0 Å². The van der Waals surface area contributed by atoms with Gasteiger partial charge < -0.3 is 4.74 Å². The molecule has 7 heteroatoms. The quantitative estimate of drug-likeness (QED) is 0.339. The molecule has 60 valence electrons. The maximum absolute atomic E-state index is 9.58. The zero-order valence-electron chi connectivity index (χ0n) is 5.25. The number of hydrogen-bond acceptors (Lipinski definition) is 5. The molecule has 0 aliphatic carbocycles. The maximum Gasteiger partial charge on any atom is 0.269 e. The van der Waals surface area contributed by atoms with Crippen molar-refractivity contribution in [2.45, 2.75) is 0 Å². The second-order valence-corrected chi connectivity index (χ2v) is 1.28. The Kier molecular flexibility index (Phi) is 4.06. The van der Waals surface area contributed by atoms with E-state index in [0.717, 1.165) is 12.5 Å². The molecule has 0 bridgehead atoms. The molecule has 0 aromatic carbocycles. The molecular formula is C4H4N2O5. The molecule has 0 heterocycles. The van der Waals surface area contributed by atoms with Gasteiger partial charge in [0.05, 0.1) is 9.85 Å². The smallest absolute Gasteiger partial charge is 0.269 e. The first-order valence-corrected chi connectivity index (χ1v) is 2.38. The minimum atomic E-state index is -0.750. The normalized spacial score (nSPS) is 10.5. The van der Waals surface area contributed by atoms with Gasteiger partial charge in [-0.25, -0.2) is 0 Å². The van der Waals surface area contributed by atoms with E-state index in [1.165, 1.54) is 0 Å². The topological polar surface area (TPSA) is 95.5 Å². The van der Waals surface area contributed by atoms with Crippen LogP contribution in [0.3, 0.4) is 0 Å². The van der Waals surface area contributed by atoms with Gasteiger partial charge in [-0.3, -0.25) is 20.2 Å². The number of nitro groups is 2. The molecule has 11 heavy (non-hydrogen) atoms. The first-order chi connectivity index (χ1) is 5.13. The van der Waals surface area contributed by atoms with Crippen LogP contribution in [0.15, 0.2) is 24.9 Å². The van der Waals surface area contributed by atoms with Crippen molar-refractivity contribution in [1.29, 1.82) is 0 Å². The van der Waals surface area contributed by atoms with E-state index in [4.69, 9.17) is 0 Å². The van der Waals surface area contributed by atoms with Crippen molar-refractivity contribution in [1.82, 2.24) is 0 Å². The average molecular weight is 160 g/mol. The summed E-state index contributed by atoms with van der Waals surface area (Å²) in [6.45, 7) is 0. The fourth-order valence-electron chi connectivity index (χ4n) is 0.215. The first-order valence-electron chi connectivity index (χ1n) is 2.38. The molecule has 7 nitrogen and oxygen atoms in total. The molecule has 0 N–H and O–H groups in total. The van der Waals surface area contributed by atoms with Crippen LogP contribution in [0.2, 0.25) is 0 Å². The zero-order valence-corrected chi connectivity index (χ0v) is 5.25. The summed E-state index contributed by atoms with van der Waals surface area (Å²) in [6, 6.07) is 0. The standard InChI is InChI=1S/C4H4N2O5/c7-5(8)1-3-11-4-2-6(9)10/h1-4H. The Labute approximate surface area is 60.9 Å². The van der Waals surface area contributed by atoms with Gasteiger partial charge in [-0.15, -0.1) is 0 Å². The molecule has 0 saturated heterocycles. The zero-order chi connectivity index (χ0) is 8.69. The largest absolute Gasteiger partial charge is 0.460 e. The second kappa shape index (κ2) is 4.91. The Morgan fingerprint density at radius 2 is 1.36 bits per heavy atom. The average Bonchev–Trinajstić information content (AvgIpc) is 1.85. The minimum absolute atomic E-state index is 0.518. The molecule has 0 aliphatic heterocycles. The summed E-state index contributed by atoms with van der Waals surface area (Å²) in [7, 11) is 0. The molecule has 0 atom stereocenters. The molecule has 0 rings (SSSR count). The van der Waals surface area contributed by atoms with Crippen molar-refractivity contribution in [3.05, 3.63) is 45.2 Å². The van der Waals surface area contributed by atoms with E-state index >= 15 is 0 Å². The van der Waals surface area contributed by atoms with Crippen molar-refractivity contribution >= 4 is 0 Å². The summed E-state index contributed by atoms with van der Waals surface area (Å²) in [6.07, 6.45) is 2.48. The molecule has 0 aromatic rings. The third-order valence-corrected chi connectivity index (χ3v) is 0.522.